The minimum absolute atomic E-state index is 0.197. The molecule has 6 heteroatoms. The molecular weight excluding hydrogens is 1300 g/mol. The standard InChI is InChI=1S/C86H68N4O.Pt/c1-85(2,3)69-49-75-63-35-27-57(28-36-63)23-25-59-31-39-65(40-32-59)77-51-70(86(4,5)6)52-78-66-41-33-60(34-42-66)26-24-58-29-37-64(38-30-58)76(50-69)83(75)89-55-87(79-45-43-67(47-81(79)89)61-15-9-7-10-16-61)71-19-13-21-73(53-71)91-74-22-14-20-72(54-74)88-56-90(84(77)78)82-48-68(44-46-80(82)88)62-17-11-8-12-18-62;/h7-22,27-52H,23-26H2,1-6H3;/q-2;. The average Bonchev–Trinajstić information content (AvgIpc) is 1.55. The van der Waals surface area contributed by atoms with Crippen LogP contribution in [-0.2, 0) is 54.2 Å². The number of benzene rings is 12. The molecule has 9 aliphatic heterocycles. The van der Waals surface area contributed by atoms with Crippen molar-refractivity contribution in [3.05, 3.63) is 300 Å². The summed E-state index contributed by atoms with van der Waals surface area (Å²) in [7, 11) is 0. The summed E-state index contributed by atoms with van der Waals surface area (Å²) in [6.45, 7) is 14.2. The predicted molar refractivity (Wildman–Crippen MR) is 380 cm³/mol. The quantitative estimate of drug-likeness (QED) is 0.160. The summed E-state index contributed by atoms with van der Waals surface area (Å²) in [6.07, 6.45) is 3.65. The van der Waals surface area contributed by atoms with Gasteiger partial charge in [-0.3, -0.25) is 0 Å². The molecule has 0 amide bonds. The molecule has 9 aliphatic rings. The van der Waals surface area contributed by atoms with E-state index < -0.39 is 17.6 Å². The Morgan fingerprint density at radius 3 is 0.957 bits per heavy atom. The Bertz CT molecular complexity index is 4540. The summed E-state index contributed by atoms with van der Waals surface area (Å²) in [5.41, 5.74) is 29.7. The second-order valence-electron chi connectivity index (χ2n) is 27.1. The van der Waals surface area contributed by atoms with Gasteiger partial charge < -0.3 is 0 Å². The number of nitrogens with zero attached hydrogens (tertiary/aromatic N) is 4. The van der Waals surface area contributed by atoms with Gasteiger partial charge in [0.25, 0.3) is 0 Å². The van der Waals surface area contributed by atoms with Crippen molar-refractivity contribution in [1.82, 2.24) is 0 Å². The fourth-order valence-electron chi connectivity index (χ4n) is 13.9. The van der Waals surface area contributed by atoms with E-state index in [2.05, 4.69) is 316 Å². The van der Waals surface area contributed by atoms with Crippen molar-refractivity contribution in [2.75, 3.05) is 19.6 Å². The summed E-state index contributed by atoms with van der Waals surface area (Å²) in [5.74, 6) is 1.23. The van der Waals surface area contributed by atoms with Crippen molar-refractivity contribution in [2.45, 2.75) is 78.1 Å². The van der Waals surface area contributed by atoms with Crippen LogP contribution < -0.4 is 24.3 Å². The first-order chi connectivity index (χ1) is 44.8. The van der Waals surface area contributed by atoms with Crippen LogP contribution in [-0.4, -0.2) is 8.29 Å². The molecule has 5 nitrogen and oxygen atoms in total. The fourth-order valence-corrected chi connectivity index (χ4v) is 17.5. The van der Waals surface area contributed by atoms with Crippen molar-refractivity contribution in [1.29, 1.82) is 0 Å². The van der Waals surface area contributed by atoms with E-state index in [0.717, 1.165) is 102 Å². The van der Waals surface area contributed by atoms with Crippen LogP contribution in [0.4, 0.5) is 45.5 Å². The van der Waals surface area contributed by atoms with E-state index in [0.29, 0.717) is 11.5 Å². The Morgan fingerprint density at radius 2 is 0.630 bits per heavy atom. The maximum atomic E-state index is 7.03. The van der Waals surface area contributed by atoms with Crippen LogP contribution in [0.5, 0.6) is 11.5 Å². The number of anilines is 8. The topological polar surface area (TPSA) is 22.2 Å². The zero-order valence-electron chi connectivity index (χ0n) is 52.6. The van der Waals surface area contributed by atoms with Gasteiger partial charge in [-0.15, -0.1) is 0 Å². The molecule has 0 N–H and O–H groups in total. The molecule has 0 aliphatic carbocycles. The normalized spacial score (nSPS) is 14.5. The van der Waals surface area contributed by atoms with E-state index in [1.165, 1.54) is 77.9 Å². The second kappa shape index (κ2) is 21.9. The molecule has 0 atom stereocenters. The summed E-state index contributed by atoms with van der Waals surface area (Å²) in [4.78, 5) is 10.5. The molecule has 92 heavy (non-hydrogen) atoms. The van der Waals surface area contributed by atoms with E-state index in [1.54, 1.807) is 0 Å². The summed E-state index contributed by atoms with van der Waals surface area (Å²) >= 11 is -1.42. The van der Waals surface area contributed by atoms with Gasteiger partial charge >= 0.3 is 552 Å². The number of hydrogen-bond acceptors (Lipinski definition) is 5. The van der Waals surface area contributed by atoms with E-state index >= 15 is 0 Å². The van der Waals surface area contributed by atoms with E-state index in [-0.39, 0.29) is 10.8 Å². The number of rotatable bonds is 2. The molecule has 0 aromatic heterocycles. The maximum absolute atomic E-state index is 7.03. The van der Waals surface area contributed by atoms with Gasteiger partial charge in [-0.05, 0) is 0 Å². The zero-order valence-corrected chi connectivity index (χ0v) is 54.9. The molecule has 9 heterocycles. The van der Waals surface area contributed by atoms with Gasteiger partial charge in [-0.2, -0.15) is 0 Å². The van der Waals surface area contributed by atoms with Crippen LogP contribution in [0.25, 0.3) is 66.8 Å². The summed E-state index contributed by atoms with van der Waals surface area (Å²) in [5, 5.41) is 0. The number of ether oxygens (including phenoxy) is 1. The molecule has 0 saturated heterocycles. The molecule has 0 saturated carbocycles. The summed E-state index contributed by atoms with van der Waals surface area (Å²) in [6, 6.07) is 105. The van der Waals surface area contributed by atoms with Crippen LogP contribution in [0.15, 0.2) is 255 Å². The first-order valence-corrected chi connectivity index (χ1v) is 34.5. The fraction of sp³-hybridized carbons (Fsp3) is 0.140. The Hall–Kier alpha value is -9.93. The van der Waals surface area contributed by atoms with Crippen LogP contribution in [0.1, 0.15) is 74.9 Å². The first kappa shape index (κ1) is 56.1. The minimum atomic E-state index is -1.42. The van der Waals surface area contributed by atoms with Crippen molar-refractivity contribution in [3.63, 3.8) is 0 Å². The van der Waals surface area contributed by atoms with Gasteiger partial charge in [0.15, 0.2) is 0 Å². The van der Waals surface area contributed by atoms with Gasteiger partial charge in [0, 0.05) is 0 Å². The van der Waals surface area contributed by atoms with Gasteiger partial charge in [0.05, 0.1) is 0 Å². The monoisotopic (exact) mass is 1370 g/mol. The van der Waals surface area contributed by atoms with Crippen LogP contribution in [0.2, 0.25) is 0 Å². The van der Waals surface area contributed by atoms with Gasteiger partial charge in [0.1, 0.15) is 0 Å². The van der Waals surface area contributed by atoms with Crippen LogP contribution in [0.3, 0.4) is 0 Å². The predicted octanol–water partition coefficient (Wildman–Crippen LogP) is 21.7. The molecular formula is C86H68N4OPt-2. The van der Waals surface area contributed by atoms with Crippen LogP contribution >= 0.6 is 0 Å². The SMILES string of the molecule is CC(C)(C)c1cc2c3c(c1)-c1ccc(cc1)CCc1ccc(cc1)-c1cc(C(C)(C)C)cc(c1N1[C]4=[Pt]=[C]5N(c6[c-]c(ccc6)Oc6[c-]c(ccc6)N4c4ccc(-c6ccccc6)cc41)c1ccc(-c4ccccc4)cc1N53)-c1ccc(cc1)CCc1ccc-2cc1. The molecule has 450 valence electrons. The Morgan fingerprint density at radius 1 is 0.304 bits per heavy atom. The zero-order chi connectivity index (χ0) is 62.0. The Kier molecular flexibility index (Phi) is 13.3. The van der Waals surface area contributed by atoms with Crippen molar-refractivity contribution >= 4 is 53.8 Å². The van der Waals surface area contributed by atoms with Crippen molar-refractivity contribution in [3.8, 4) is 78.3 Å². The number of hydrogen-bond donors (Lipinski definition) is 0. The molecule has 21 rings (SSSR count). The Labute approximate surface area is 548 Å². The number of fused-ring (bicyclic) bond motifs is 14. The molecule has 16 bridgehead atoms. The third-order valence-corrected chi connectivity index (χ3v) is 22.1. The van der Waals surface area contributed by atoms with E-state index in [9.17, 15) is 0 Å². The molecule has 0 spiro atoms. The Balaban J connectivity index is 1.12. The molecule has 0 radical (unpaired) electrons. The third kappa shape index (κ3) is 9.79. The average molecular weight is 1370 g/mol. The molecule has 0 fully saturated rings. The van der Waals surface area contributed by atoms with Gasteiger partial charge in [-0.1, -0.05) is 0 Å². The molecule has 12 aromatic rings. The van der Waals surface area contributed by atoms with E-state index in [4.69, 9.17) is 4.74 Å². The second-order valence-corrected chi connectivity index (χ2v) is 29.7. The first-order valence-electron chi connectivity index (χ1n) is 32.2. The number of aryl methyl sites for hydroxylation is 4. The van der Waals surface area contributed by atoms with Crippen LogP contribution in [0, 0.1) is 12.1 Å². The van der Waals surface area contributed by atoms with Crippen molar-refractivity contribution in [2.24, 2.45) is 0 Å². The molecule has 12 aromatic carbocycles. The van der Waals surface area contributed by atoms with Gasteiger partial charge in [-0.25, -0.2) is 0 Å². The van der Waals surface area contributed by atoms with E-state index in [1.807, 2.05) is 12.1 Å². The molecule has 0 unspecified atom stereocenters. The van der Waals surface area contributed by atoms with Gasteiger partial charge in [0.2, 0.25) is 0 Å². The van der Waals surface area contributed by atoms with Crippen molar-refractivity contribution < 1.29 is 22.4 Å². The third-order valence-electron chi connectivity index (χ3n) is 19.0. The summed E-state index contributed by atoms with van der Waals surface area (Å²) < 4.78 is 9.32.